The van der Waals surface area contributed by atoms with Gasteiger partial charge in [-0.05, 0) is 63.2 Å². The van der Waals surface area contributed by atoms with Crippen LogP contribution in [-0.2, 0) is 4.79 Å². The number of rotatable bonds is 6. The summed E-state index contributed by atoms with van der Waals surface area (Å²) in [7, 11) is 2.14. The molecule has 1 N–H and O–H groups in total. The lowest BCUT2D eigenvalue weighted by Crippen LogP contribution is -2.44. The standard InChI is InChI=1S/C26H31N5O2/c1-18-15-19(2)26(20(3)16-18)33-17-25(32)27-22-7-5-21(6-8-22)23-9-10-24(29-28-23)31-13-11-30(4)12-14-31/h5-10,15-16H,11-14,17H2,1-4H3,(H,27,32). The first-order valence-electron chi connectivity index (χ1n) is 11.3. The van der Waals surface area contributed by atoms with Crippen LogP contribution in [0.5, 0.6) is 5.75 Å². The molecule has 0 aliphatic carbocycles. The Morgan fingerprint density at radius 1 is 0.939 bits per heavy atom. The smallest absolute Gasteiger partial charge is 0.262 e. The van der Waals surface area contributed by atoms with E-state index in [4.69, 9.17) is 4.74 Å². The van der Waals surface area contributed by atoms with E-state index in [2.05, 4.69) is 44.5 Å². The number of nitrogens with one attached hydrogen (secondary N) is 1. The Hall–Kier alpha value is -3.45. The number of hydrogen-bond acceptors (Lipinski definition) is 6. The van der Waals surface area contributed by atoms with Crippen molar-refractivity contribution in [1.82, 2.24) is 15.1 Å². The Morgan fingerprint density at radius 2 is 1.61 bits per heavy atom. The predicted molar refractivity (Wildman–Crippen MR) is 132 cm³/mol. The molecule has 1 aliphatic rings. The molecule has 0 radical (unpaired) electrons. The van der Waals surface area contributed by atoms with Gasteiger partial charge in [0.2, 0.25) is 0 Å². The van der Waals surface area contributed by atoms with Gasteiger partial charge in [-0.2, -0.15) is 0 Å². The molecule has 2 heterocycles. The summed E-state index contributed by atoms with van der Waals surface area (Å²) >= 11 is 0. The van der Waals surface area contributed by atoms with E-state index in [0.717, 1.165) is 60.1 Å². The molecule has 0 bridgehead atoms. The van der Waals surface area contributed by atoms with E-state index in [9.17, 15) is 4.79 Å². The van der Waals surface area contributed by atoms with Crippen LogP contribution in [0.2, 0.25) is 0 Å². The third-order valence-electron chi connectivity index (χ3n) is 5.89. The van der Waals surface area contributed by atoms with Crippen LogP contribution in [0.3, 0.4) is 0 Å². The molecule has 0 unspecified atom stereocenters. The van der Waals surface area contributed by atoms with Gasteiger partial charge in [-0.25, -0.2) is 0 Å². The molecule has 7 heteroatoms. The summed E-state index contributed by atoms with van der Waals surface area (Å²) < 4.78 is 5.78. The lowest BCUT2D eigenvalue weighted by atomic mass is 10.1. The number of piperazine rings is 1. The van der Waals surface area contributed by atoms with Crippen LogP contribution in [0.1, 0.15) is 16.7 Å². The Kier molecular flexibility index (Phi) is 6.89. The third-order valence-corrected chi connectivity index (χ3v) is 5.89. The molecular weight excluding hydrogens is 414 g/mol. The molecule has 33 heavy (non-hydrogen) atoms. The maximum Gasteiger partial charge on any atom is 0.262 e. The van der Waals surface area contributed by atoms with Gasteiger partial charge in [-0.15, -0.1) is 10.2 Å². The minimum Gasteiger partial charge on any atom is -0.483 e. The first-order valence-corrected chi connectivity index (χ1v) is 11.3. The van der Waals surface area contributed by atoms with Crippen molar-refractivity contribution in [3.8, 4) is 17.0 Å². The van der Waals surface area contributed by atoms with Gasteiger partial charge in [-0.3, -0.25) is 4.79 Å². The average Bonchev–Trinajstić information content (AvgIpc) is 2.79. The topological polar surface area (TPSA) is 70.6 Å². The largest absolute Gasteiger partial charge is 0.483 e. The number of aromatic nitrogens is 2. The monoisotopic (exact) mass is 445 g/mol. The van der Waals surface area contributed by atoms with Gasteiger partial charge in [0.1, 0.15) is 5.75 Å². The number of hydrogen-bond donors (Lipinski definition) is 1. The predicted octanol–water partition coefficient (Wildman–Crippen LogP) is 3.84. The number of likely N-dealkylation sites (N-methyl/N-ethyl adjacent to an activating group) is 1. The van der Waals surface area contributed by atoms with E-state index in [1.807, 2.05) is 57.2 Å². The zero-order valence-corrected chi connectivity index (χ0v) is 19.8. The molecule has 2 aromatic carbocycles. The molecule has 1 amide bonds. The van der Waals surface area contributed by atoms with Crippen molar-refractivity contribution in [1.29, 1.82) is 0 Å². The quantitative estimate of drug-likeness (QED) is 0.622. The summed E-state index contributed by atoms with van der Waals surface area (Å²) in [5, 5.41) is 11.7. The van der Waals surface area contributed by atoms with Crippen molar-refractivity contribution in [2.24, 2.45) is 0 Å². The maximum atomic E-state index is 12.4. The minimum atomic E-state index is -0.196. The lowest BCUT2D eigenvalue weighted by Gasteiger charge is -2.32. The Morgan fingerprint density at radius 3 is 2.21 bits per heavy atom. The van der Waals surface area contributed by atoms with E-state index in [1.54, 1.807) is 0 Å². The average molecular weight is 446 g/mol. The van der Waals surface area contributed by atoms with E-state index in [-0.39, 0.29) is 12.5 Å². The number of carbonyl (C=O) groups is 1. The van der Waals surface area contributed by atoms with Crippen molar-refractivity contribution in [2.45, 2.75) is 20.8 Å². The molecule has 1 saturated heterocycles. The van der Waals surface area contributed by atoms with E-state index in [0.29, 0.717) is 5.69 Å². The molecule has 0 saturated carbocycles. The number of carbonyl (C=O) groups excluding carboxylic acids is 1. The second-order valence-electron chi connectivity index (χ2n) is 8.71. The molecule has 1 fully saturated rings. The van der Waals surface area contributed by atoms with E-state index >= 15 is 0 Å². The number of aryl methyl sites for hydroxylation is 3. The minimum absolute atomic E-state index is 0.0360. The number of amides is 1. The molecule has 7 nitrogen and oxygen atoms in total. The van der Waals surface area contributed by atoms with Gasteiger partial charge in [0.05, 0.1) is 5.69 Å². The normalized spacial score (nSPS) is 14.2. The van der Waals surface area contributed by atoms with Crippen LogP contribution >= 0.6 is 0 Å². The van der Waals surface area contributed by atoms with Gasteiger partial charge >= 0.3 is 0 Å². The highest BCUT2D eigenvalue weighted by atomic mass is 16.5. The summed E-state index contributed by atoms with van der Waals surface area (Å²) in [6, 6.07) is 15.7. The van der Waals surface area contributed by atoms with Crippen LogP contribution < -0.4 is 15.0 Å². The molecule has 0 spiro atoms. The van der Waals surface area contributed by atoms with Crippen LogP contribution in [0.25, 0.3) is 11.3 Å². The van der Waals surface area contributed by atoms with Gasteiger partial charge < -0.3 is 19.9 Å². The van der Waals surface area contributed by atoms with Crippen molar-refractivity contribution >= 4 is 17.4 Å². The Labute approximate surface area is 195 Å². The second-order valence-corrected chi connectivity index (χ2v) is 8.71. The van der Waals surface area contributed by atoms with E-state index < -0.39 is 0 Å². The molecule has 4 rings (SSSR count). The summed E-state index contributed by atoms with van der Waals surface area (Å²) in [6.45, 7) is 9.99. The SMILES string of the molecule is Cc1cc(C)c(OCC(=O)Nc2ccc(-c3ccc(N4CCN(C)CC4)nn3)cc2)c(C)c1. The van der Waals surface area contributed by atoms with Crippen molar-refractivity contribution in [3.63, 3.8) is 0 Å². The molecule has 1 aromatic heterocycles. The number of benzene rings is 2. The van der Waals surface area contributed by atoms with Crippen LogP contribution in [0, 0.1) is 20.8 Å². The van der Waals surface area contributed by atoms with Gasteiger partial charge in [-0.1, -0.05) is 29.8 Å². The molecule has 1 aliphatic heterocycles. The summed E-state index contributed by atoms with van der Waals surface area (Å²) in [5.41, 5.74) is 5.72. The Bertz CT molecular complexity index is 1080. The molecule has 172 valence electrons. The second kappa shape index (κ2) is 10.0. The number of anilines is 2. The van der Waals surface area contributed by atoms with Crippen LogP contribution in [0.4, 0.5) is 11.5 Å². The highest BCUT2D eigenvalue weighted by Crippen LogP contribution is 2.25. The van der Waals surface area contributed by atoms with E-state index in [1.165, 1.54) is 5.56 Å². The lowest BCUT2D eigenvalue weighted by molar-refractivity contribution is -0.118. The zero-order valence-electron chi connectivity index (χ0n) is 19.8. The van der Waals surface area contributed by atoms with Gasteiger partial charge in [0.15, 0.2) is 12.4 Å². The highest BCUT2D eigenvalue weighted by molar-refractivity contribution is 5.92. The highest BCUT2D eigenvalue weighted by Gasteiger charge is 2.16. The first kappa shape index (κ1) is 22.7. The van der Waals surface area contributed by atoms with Crippen molar-refractivity contribution in [3.05, 3.63) is 65.2 Å². The third kappa shape index (κ3) is 5.68. The maximum absolute atomic E-state index is 12.4. The Balaban J connectivity index is 1.33. The summed E-state index contributed by atoms with van der Waals surface area (Å²) in [5.74, 6) is 1.48. The van der Waals surface area contributed by atoms with Gasteiger partial charge in [0, 0.05) is 37.4 Å². The van der Waals surface area contributed by atoms with Crippen LogP contribution in [-0.4, -0.2) is 60.8 Å². The molecule has 3 aromatic rings. The fourth-order valence-electron chi connectivity index (χ4n) is 4.14. The van der Waals surface area contributed by atoms with Crippen LogP contribution in [0.15, 0.2) is 48.5 Å². The summed E-state index contributed by atoms with van der Waals surface area (Å²) in [6.07, 6.45) is 0. The first-order chi connectivity index (χ1) is 15.9. The molecular formula is C26H31N5O2. The summed E-state index contributed by atoms with van der Waals surface area (Å²) in [4.78, 5) is 16.9. The number of nitrogens with zero attached hydrogens (tertiary/aromatic N) is 4. The fraction of sp³-hybridized carbons (Fsp3) is 0.346. The van der Waals surface area contributed by atoms with Crippen molar-refractivity contribution < 1.29 is 9.53 Å². The number of ether oxygens (including phenoxy) is 1. The fourth-order valence-corrected chi connectivity index (χ4v) is 4.14. The zero-order chi connectivity index (χ0) is 23.4. The molecule has 0 atom stereocenters. The van der Waals surface area contributed by atoms with Crippen molar-refractivity contribution in [2.75, 3.05) is 50.1 Å². The van der Waals surface area contributed by atoms with Gasteiger partial charge in [0.25, 0.3) is 5.91 Å².